The van der Waals surface area contributed by atoms with E-state index in [1.807, 2.05) is 91.9 Å². The highest BCUT2D eigenvalue weighted by Crippen LogP contribution is 2.29. The fourth-order valence-corrected chi connectivity index (χ4v) is 4.47. The van der Waals surface area contributed by atoms with Crippen LogP contribution < -0.4 is 10.1 Å². The van der Waals surface area contributed by atoms with E-state index in [1.165, 1.54) is 5.56 Å². The summed E-state index contributed by atoms with van der Waals surface area (Å²) in [5, 5.41) is 12.5. The molecule has 0 radical (unpaired) electrons. The molecule has 1 atom stereocenters. The highest BCUT2D eigenvalue weighted by Gasteiger charge is 2.21. The average Bonchev–Trinajstić information content (AvgIpc) is 2.93. The topological polar surface area (TPSA) is 75.6 Å². The number of benzene rings is 4. The monoisotopic (exact) mass is 507 g/mol. The van der Waals surface area contributed by atoms with Crippen molar-refractivity contribution in [2.75, 3.05) is 5.32 Å². The first kappa shape index (κ1) is 26.7. The van der Waals surface area contributed by atoms with Crippen molar-refractivity contribution in [1.82, 2.24) is 0 Å². The molecular weight excluding hydrogens is 474 g/mol. The Hall–Kier alpha value is -4.38. The van der Waals surface area contributed by atoms with Crippen molar-refractivity contribution in [3.63, 3.8) is 0 Å². The van der Waals surface area contributed by atoms with Gasteiger partial charge in [-0.2, -0.15) is 0 Å². The molecule has 1 unspecified atom stereocenters. The van der Waals surface area contributed by atoms with Crippen molar-refractivity contribution in [3.05, 3.63) is 130 Å². The lowest BCUT2D eigenvalue weighted by Gasteiger charge is -2.19. The van der Waals surface area contributed by atoms with Gasteiger partial charge in [-0.1, -0.05) is 97.8 Å². The Kier molecular flexibility index (Phi) is 8.94. The number of carboxylic acid groups (broad SMARTS) is 1. The lowest BCUT2D eigenvalue weighted by atomic mass is 9.93. The van der Waals surface area contributed by atoms with Crippen LogP contribution >= 0.6 is 0 Å². The number of rotatable bonds is 11. The van der Waals surface area contributed by atoms with E-state index >= 15 is 0 Å². The summed E-state index contributed by atoms with van der Waals surface area (Å²) in [6, 6.07) is 30.6. The Morgan fingerprint density at radius 1 is 0.842 bits per heavy atom. The smallest absolute Gasteiger partial charge is 0.335 e. The quantitative estimate of drug-likeness (QED) is 0.222. The van der Waals surface area contributed by atoms with Crippen LogP contribution in [0.2, 0.25) is 0 Å². The van der Waals surface area contributed by atoms with E-state index < -0.39 is 5.97 Å². The van der Waals surface area contributed by atoms with Gasteiger partial charge in [0.25, 0.3) is 0 Å². The van der Waals surface area contributed by atoms with Crippen molar-refractivity contribution in [2.24, 2.45) is 0 Å². The molecular formula is C33H33NO4. The highest BCUT2D eigenvalue weighted by molar-refractivity contribution is 5.97. The predicted octanol–water partition coefficient (Wildman–Crippen LogP) is 7.39. The van der Waals surface area contributed by atoms with E-state index in [-0.39, 0.29) is 11.8 Å². The summed E-state index contributed by atoms with van der Waals surface area (Å²) in [5.74, 6) is -0.582. The highest BCUT2D eigenvalue weighted by atomic mass is 16.5. The SMILES string of the molecule is CCCC(C(=O)Nc1ccccc1OCc1ccc(Cc2ccccc2C(=O)O)cc1)c1ccc(C)cc1. The van der Waals surface area contributed by atoms with Crippen LogP contribution in [0.4, 0.5) is 5.69 Å². The number of hydrogen-bond donors (Lipinski definition) is 2. The number of aryl methyl sites for hydroxylation is 1. The summed E-state index contributed by atoms with van der Waals surface area (Å²) in [6.45, 7) is 4.47. The molecule has 0 bridgehead atoms. The molecule has 0 fully saturated rings. The molecule has 0 aliphatic carbocycles. The van der Waals surface area contributed by atoms with Gasteiger partial charge in [-0.05, 0) is 60.2 Å². The summed E-state index contributed by atoms with van der Waals surface area (Å²) < 4.78 is 6.10. The molecule has 1 amide bonds. The van der Waals surface area contributed by atoms with Gasteiger partial charge in [0.1, 0.15) is 12.4 Å². The fraction of sp³-hybridized carbons (Fsp3) is 0.212. The second-order valence-electron chi connectivity index (χ2n) is 9.48. The largest absolute Gasteiger partial charge is 0.487 e. The van der Waals surface area contributed by atoms with Crippen molar-refractivity contribution in [2.45, 2.75) is 45.6 Å². The molecule has 0 aromatic heterocycles. The van der Waals surface area contributed by atoms with Gasteiger partial charge < -0.3 is 15.2 Å². The van der Waals surface area contributed by atoms with E-state index in [0.29, 0.717) is 30.0 Å². The number of para-hydroxylation sites is 2. The first-order valence-corrected chi connectivity index (χ1v) is 12.9. The third-order valence-corrected chi connectivity index (χ3v) is 6.58. The minimum absolute atomic E-state index is 0.0438. The Labute approximate surface area is 224 Å². The summed E-state index contributed by atoms with van der Waals surface area (Å²) in [5.41, 5.74) is 5.93. The minimum Gasteiger partial charge on any atom is -0.487 e. The van der Waals surface area contributed by atoms with Gasteiger partial charge in [0, 0.05) is 0 Å². The molecule has 5 heteroatoms. The van der Waals surface area contributed by atoms with Gasteiger partial charge in [0.15, 0.2) is 0 Å². The van der Waals surface area contributed by atoms with Gasteiger partial charge in [0.2, 0.25) is 5.91 Å². The molecule has 5 nitrogen and oxygen atoms in total. The van der Waals surface area contributed by atoms with Crippen LogP contribution in [0.5, 0.6) is 5.75 Å². The van der Waals surface area contributed by atoms with Crippen molar-refractivity contribution in [3.8, 4) is 5.75 Å². The number of ether oxygens (including phenoxy) is 1. The number of carboxylic acids is 1. The zero-order chi connectivity index (χ0) is 26.9. The molecule has 0 heterocycles. The molecule has 0 saturated heterocycles. The van der Waals surface area contributed by atoms with Crippen molar-refractivity contribution in [1.29, 1.82) is 0 Å². The number of carbonyl (C=O) groups is 2. The maximum Gasteiger partial charge on any atom is 0.335 e. The van der Waals surface area contributed by atoms with Gasteiger partial charge in [-0.3, -0.25) is 4.79 Å². The Bertz CT molecular complexity index is 1380. The zero-order valence-electron chi connectivity index (χ0n) is 21.8. The van der Waals surface area contributed by atoms with Crippen LogP contribution in [0.3, 0.4) is 0 Å². The summed E-state index contributed by atoms with van der Waals surface area (Å²) in [4.78, 5) is 24.8. The maximum absolute atomic E-state index is 13.3. The van der Waals surface area contributed by atoms with Gasteiger partial charge in [-0.15, -0.1) is 0 Å². The number of aromatic carboxylic acids is 1. The molecule has 2 N–H and O–H groups in total. The lowest BCUT2D eigenvalue weighted by molar-refractivity contribution is -0.117. The molecule has 38 heavy (non-hydrogen) atoms. The lowest BCUT2D eigenvalue weighted by Crippen LogP contribution is -2.21. The third kappa shape index (κ3) is 6.88. The zero-order valence-corrected chi connectivity index (χ0v) is 21.8. The van der Waals surface area contributed by atoms with E-state index in [4.69, 9.17) is 4.74 Å². The number of nitrogens with one attached hydrogen (secondary N) is 1. The van der Waals surface area contributed by atoms with E-state index in [9.17, 15) is 14.7 Å². The van der Waals surface area contributed by atoms with Crippen LogP contribution in [0, 0.1) is 6.92 Å². The summed E-state index contributed by atoms with van der Waals surface area (Å²) in [6.07, 6.45) is 2.21. The Morgan fingerprint density at radius 2 is 1.50 bits per heavy atom. The van der Waals surface area contributed by atoms with Gasteiger partial charge >= 0.3 is 5.97 Å². The number of hydrogen-bond acceptors (Lipinski definition) is 3. The normalized spacial score (nSPS) is 11.5. The molecule has 0 aliphatic heterocycles. The third-order valence-electron chi connectivity index (χ3n) is 6.58. The van der Waals surface area contributed by atoms with E-state index in [0.717, 1.165) is 35.1 Å². The number of anilines is 1. The number of carbonyl (C=O) groups excluding carboxylic acids is 1. The van der Waals surface area contributed by atoms with Crippen LogP contribution in [-0.4, -0.2) is 17.0 Å². The molecule has 4 aromatic rings. The summed E-state index contributed by atoms with van der Waals surface area (Å²) in [7, 11) is 0. The molecule has 0 aliphatic rings. The van der Waals surface area contributed by atoms with Crippen LogP contribution in [0.1, 0.15) is 63.9 Å². The Balaban J connectivity index is 1.41. The maximum atomic E-state index is 13.3. The minimum atomic E-state index is -0.920. The summed E-state index contributed by atoms with van der Waals surface area (Å²) >= 11 is 0. The van der Waals surface area contributed by atoms with Crippen LogP contribution in [-0.2, 0) is 17.8 Å². The first-order valence-electron chi connectivity index (χ1n) is 12.9. The van der Waals surface area contributed by atoms with Crippen LogP contribution in [0.25, 0.3) is 0 Å². The second kappa shape index (κ2) is 12.7. The second-order valence-corrected chi connectivity index (χ2v) is 9.48. The molecule has 194 valence electrons. The van der Waals surface area contributed by atoms with Crippen molar-refractivity contribution < 1.29 is 19.4 Å². The molecule has 0 spiro atoms. The average molecular weight is 508 g/mol. The Morgan fingerprint density at radius 3 is 2.21 bits per heavy atom. The van der Waals surface area contributed by atoms with Gasteiger partial charge in [0.05, 0.1) is 17.2 Å². The molecule has 4 aromatic carbocycles. The predicted molar refractivity (Wildman–Crippen MR) is 151 cm³/mol. The van der Waals surface area contributed by atoms with Gasteiger partial charge in [-0.25, -0.2) is 4.79 Å². The van der Waals surface area contributed by atoms with E-state index in [2.05, 4.69) is 12.2 Å². The van der Waals surface area contributed by atoms with Crippen molar-refractivity contribution >= 4 is 17.6 Å². The molecule has 4 rings (SSSR count). The number of amides is 1. The molecule has 0 saturated carbocycles. The van der Waals surface area contributed by atoms with Crippen LogP contribution in [0.15, 0.2) is 97.1 Å². The standard InChI is InChI=1S/C33H33NO4/c1-3-8-28(26-19-13-23(2)14-20-26)32(35)34-30-11-6-7-12-31(30)38-22-25-17-15-24(16-18-25)21-27-9-4-5-10-29(27)33(36)37/h4-7,9-20,28H,3,8,21-22H2,1-2H3,(H,34,35)(H,36,37). The van der Waals surface area contributed by atoms with E-state index in [1.54, 1.807) is 12.1 Å². The fourth-order valence-electron chi connectivity index (χ4n) is 4.47. The first-order chi connectivity index (χ1) is 18.4.